The standard InChI is InChI=1S/C14H18ClFN2O/c1-10-2-3-12(13(15)8-10)14(19)17-5-7-18-6-4-11(16)9-18/h2-3,8,11H,4-7,9H2,1H3,(H,17,19). The summed E-state index contributed by atoms with van der Waals surface area (Å²) in [6.07, 6.45) is -0.125. The maximum Gasteiger partial charge on any atom is 0.252 e. The molecule has 0 aliphatic carbocycles. The van der Waals surface area contributed by atoms with Gasteiger partial charge in [0.25, 0.3) is 5.91 Å². The molecule has 0 spiro atoms. The van der Waals surface area contributed by atoms with Crippen molar-refractivity contribution in [1.82, 2.24) is 10.2 Å². The van der Waals surface area contributed by atoms with E-state index >= 15 is 0 Å². The van der Waals surface area contributed by atoms with Crippen molar-refractivity contribution in [3.05, 3.63) is 34.3 Å². The zero-order valence-electron chi connectivity index (χ0n) is 11.0. The number of aryl methyl sites for hydroxylation is 1. The Balaban J connectivity index is 1.81. The van der Waals surface area contributed by atoms with Crippen LogP contribution in [0.4, 0.5) is 4.39 Å². The second-order valence-electron chi connectivity index (χ2n) is 4.93. The highest BCUT2D eigenvalue weighted by Gasteiger charge is 2.21. The molecule has 0 radical (unpaired) electrons. The van der Waals surface area contributed by atoms with Gasteiger partial charge in [0.1, 0.15) is 6.17 Å². The summed E-state index contributed by atoms with van der Waals surface area (Å²) in [6.45, 7) is 4.35. The van der Waals surface area contributed by atoms with Gasteiger partial charge in [-0.3, -0.25) is 9.69 Å². The first-order valence-electron chi connectivity index (χ1n) is 6.47. The minimum absolute atomic E-state index is 0.180. The number of alkyl halides is 1. The summed E-state index contributed by atoms with van der Waals surface area (Å²) < 4.78 is 13.0. The van der Waals surface area contributed by atoms with Crippen LogP contribution >= 0.6 is 11.6 Å². The van der Waals surface area contributed by atoms with Gasteiger partial charge in [0, 0.05) is 26.2 Å². The summed E-state index contributed by atoms with van der Waals surface area (Å²) in [5, 5.41) is 3.27. The Bertz CT molecular complexity index is 467. The van der Waals surface area contributed by atoms with Crippen LogP contribution in [0.1, 0.15) is 22.3 Å². The van der Waals surface area contributed by atoms with Crippen LogP contribution in [0, 0.1) is 6.92 Å². The number of halogens is 2. The molecule has 1 aromatic rings. The molecule has 2 rings (SSSR count). The van der Waals surface area contributed by atoms with Gasteiger partial charge in [0.15, 0.2) is 0 Å². The smallest absolute Gasteiger partial charge is 0.252 e. The van der Waals surface area contributed by atoms with Crippen LogP contribution in [0.15, 0.2) is 18.2 Å². The quantitative estimate of drug-likeness (QED) is 0.921. The molecule has 0 aromatic heterocycles. The first kappa shape index (κ1) is 14.3. The minimum atomic E-state index is -0.720. The fourth-order valence-electron chi connectivity index (χ4n) is 2.22. The molecule has 1 fully saturated rings. The molecule has 0 saturated carbocycles. The van der Waals surface area contributed by atoms with E-state index in [1.807, 2.05) is 17.9 Å². The van der Waals surface area contributed by atoms with Gasteiger partial charge >= 0.3 is 0 Å². The minimum Gasteiger partial charge on any atom is -0.351 e. The number of rotatable bonds is 4. The van der Waals surface area contributed by atoms with Gasteiger partial charge in [-0.25, -0.2) is 4.39 Å². The Hall–Kier alpha value is -1.13. The van der Waals surface area contributed by atoms with E-state index in [4.69, 9.17) is 11.6 Å². The lowest BCUT2D eigenvalue weighted by Crippen LogP contribution is -2.34. The Kier molecular flexibility index (Phi) is 4.77. The van der Waals surface area contributed by atoms with Crippen molar-refractivity contribution < 1.29 is 9.18 Å². The van der Waals surface area contributed by atoms with Crippen LogP contribution in [-0.4, -0.2) is 43.2 Å². The summed E-state index contributed by atoms with van der Waals surface area (Å²) in [7, 11) is 0. The topological polar surface area (TPSA) is 32.3 Å². The number of hydrogen-bond acceptors (Lipinski definition) is 2. The van der Waals surface area contributed by atoms with Gasteiger partial charge in [-0.05, 0) is 31.0 Å². The summed E-state index contributed by atoms with van der Waals surface area (Å²) >= 11 is 6.03. The zero-order chi connectivity index (χ0) is 13.8. The second kappa shape index (κ2) is 6.35. The van der Waals surface area contributed by atoms with Crippen LogP contribution in [0.2, 0.25) is 5.02 Å². The highest BCUT2D eigenvalue weighted by Crippen LogP contribution is 2.17. The maximum atomic E-state index is 13.0. The van der Waals surface area contributed by atoms with Crippen LogP contribution in [-0.2, 0) is 0 Å². The van der Waals surface area contributed by atoms with Crippen molar-refractivity contribution in [2.45, 2.75) is 19.5 Å². The van der Waals surface area contributed by atoms with Gasteiger partial charge in [-0.15, -0.1) is 0 Å². The zero-order valence-corrected chi connectivity index (χ0v) is 11.7. The lowest BCUT2D eigenvalue weighted by atomic mass is 10.1. The molecular weight excluding hydrogens is 267 g/mol. The SMILES string of the molecule is Cc1ccc(C(=O)NCCN2CCC(F)C2)c(Cl)c1. The third-order valence-electron chi connectivity index (χ3n) is 3.30. The first-order chi connectivity index (χ1) is 9.06. The molecule has 1 aromatic carbocycles. The van der Waals surface area contributed by atoms with Gasteiger partial charge < -0.3 is 5.32 Å². The van der Waals surface area contributed by atoms with Crippen molar-refractivity contribution in [2.75, 3.05) is 26.2 Å². The van der Waals surface area contributed by atoms with Crippen molar-refractivity contribution in [2.24, 2.45) is 0 Å². The second-order valence-corrected chi connectivity index (χ2v) is 5.33. The van der Waals surface area contributed by atoms with Gasteiger partial charge in [-0.2, -0.15) is 0 Å². The molecule has 3 nitrogen and oxygen atoms in total. The average Bonchev–Trinajstić information content (AvgIpc) is 2.75. The Morgan fingerprint density at radius 3 is 3.00 bits per heavy atom. The number of carbonyl (C=O) groups is 1. The van der Waals surface area contributed by atoms with Crippen LogP contribution in [0.25, 0.3) is 0 Å². The predicted molar refractivity (Wildman–Crippen MR) is 74.5 cm³/mol. The molecule has 1 unspecified atom stereocenters. The molecule has 5 heteroatoms. The van der Waals surface area contributed by atoms with Crippen LogP contribution < -0.4 is 5.32 Å². The van der Waals surface area contributed by atoms with E-state index in [2.05, 4.69) is 5.32 Å². The Morgan fingerprint density at radius 2 is 2.37 bits per heavy atom. The van der Waals surface area contributed by atoms with Crippen molar-refractivity contribution in [3.8, 4) is 0 Å². The van der Waals surface area contributed by atoms with E-state index < -0.39 is 6.17 Å². The van der Waals surface area contributed by atoms with Crippen LogP contribution in [0.5, 0.6) is 0 Å². The molecule has 104 valence electrons. The van der Waals surface area contributed by atoms with E-state index in [9.17, 15) is 9.18 Å². The predicted octanol–water partition coefficient (Wildman–Crippen LogP) is 2.42. The van der Waals surface area contributed by atoms with Crippen molar-refractivity contribution in [3.63, 3.8) is 0 Å². The van der Waals surface area contributed by atoms with Gasteiger partial charge in [0.2, 0.25) is 0 Å². The first-order valence-corrected chi connectivity index (χ1v) is 6.85. The van der Waals surface area contributed by atoms with Crippen molar-refractivity contribution >= 4 is 17.5 Å². The number of carbonyl (C=O) groups excluding carboxylic acids is 1. The number of likely N-dealkylation sites (tertiary alicyclic amines) is 1. The fourth-order valence-corrected chi connectivity index (χ4v) is 2.54. The maximum absolute atomic E-state index is 13.0. The highest BCUT2D eigenvalue weighted by atomic mass is 35.5. The molecule has 1 aliphatic heterocycles. The van der Waals surface area contributed by atoms with E-state index in [1.54, 1.807) is 12.1 Å². The lowest BCUT2D eigenvalue weighted by molar-refractivity contribution is 0.0949. The largest absolute Gasteiger partial charge is 0.351 e. The summed E-state index contributed by atoms with van der Waals surface area (Å²) in [5.41, 5.74) is 1.50. The molecule has 1 N–H and O–H groups in total. The number of benzene rings is 1. The molecule has 0 bridgehead atoms. The highest BCUT2D eigenvalue weighted by molar-refractivity contribution is 6.33. The van der Waals surface area contributed by atoms with E-state index in [0.29, 0.717) is 36.6 Å². The van der Waals surface area contributed by atoms with Crippen molar-refractivity contribution in [1.29, 1.82) is 0 Å². The Labute approximate surface area is 117 Å². The summed E-state index contributed by atoms with van der Waals surface area (Å²) in [4.78, 5) is 13.9. The Morgan fingerprint density at radius 1 is 1.58 bits per heavy atom. The normalized spacial score (nSPS) is 19.6. The molecule has 1 heterocycles. The summed E-state index contributed by atoms with van der Waals surface area (Å²) in [6, 6.07) is 5.35. The number of amides is 1. The van der Waals surface area contributed by atoms with E-state index in [-0.39, 0.29) is 5.91 Å². The van der Waals surface area contributed by atoms with E-state index in [1.165, 1.54) is 0 Å². The third kappa shape index (κ3) is 3.91. The fraction of sp³-hybridized carbons (Fsp3) is 0.500. The van der Waals surface area contributed by atoms with Gasteiger partial charge in [0.05, 0.1) is 10.6 Å². The molecule has 1 amide bonds. The molecule has 19 heavy (non-hydrogen) atoms. The number of nitrogens with zero attached hydrogens (tertiary/aromatic N) is 1. The monoisotopic (exact) mass is 284 g/mol. The molecule has 1 aliphatic rings. The molecule has 1 atom stereocenters. The average molecular weight is 285 g/mol. The molecule has 1 saturated heterocycles. The third-order valence-corrected chi connectivity index (χ3v) is 3.61. The van der Waals surface area contributed by atoms with Crippen LogP contribution in [0.3, 0.4) is 0 Å². The number of nitrogens with one attached hydrogen (secondary N) is 1. The summed E-state index contributed by atoms with van der Waals surface area (Å²) in [5.74, 6) is -0.180. The lowest BCUT2D eigenvalue weighted by Gasteiger charge is -2.15. The molecular formula is C14H18ClFN2O. The number of hydrogen-bond donors (Lipinski definition) is 1. The van der Waals surface area contributed by atoms with Gasteiger partial charge in [-0.1, -0.05) is 17.7 Å². The van der Waals surface area contributed by atoms with E-state index in [0.717, 1.165) is 12.1 Å².